The van der Waals surface area contributed by atoms with Gasteiger partial charge in [0.1, 0.15) is 5.82 Å². The maximum absolute atomic E-state index is 12.7. The number of rotatable bonds is 5. The zero-order valence-electron chi connectivity index (χ0n) is 14.2. The Labute approximate surface area is 149 Å². The third-order valence-electron chi connectivity index (χ3n) is 4.41. The SMILES string of the molecule is CC(c1ccccc1)N1CCCC=C1NS(=O)(=O)c1cccc(N)c1. The van der Waals surface area contributed by atoms with Gasteiger partial charge in [0.25, 0.3) is 10.0 Å². The van der Waals surface area contributed by atoms with E-state index in [1.807, 2.05) is 24.3 Å². The molecular formula is C19H23N3O2S. The first kappa shape index (κ1) is 17.4. The van der Waals surface area contributed by atoms with Gasteiger partial charge >= 0.3 is 0 Å². The molecule has 0 aromatic heterocycles. The summed E-state index contributed by atoms with van der Waals surface area (Å²) in [5.74, 6) is 0.630. The summed E-state index contributed by atoms with van der Waals surface area (Å²) in [5.41, 5.74) is 7.30. The second kappa shape index (κ2) is 7.19. The van der Waals surface area contributed by atoms with Crippen LogP contribution in [-0.2, 0) is 10.0 Å². The Morgan fingerprint density at radius 3 is 2.60 bits per heavy atom. The Bertz CT molecular complexity index is 863. The average molecular weight is 357 g/mol. The van der Waals surface area contributed by atoms with Gasteiger partial charge in [-0.1, -0.05) is 36.4 Å². The monoisotopic (exact) mass is 357 g/mol. The fourth-order valence-corrected chi connectivity index (χ4v) is 4.17. The summed E-state index contributed by atoms with van der Waals surface area (Å²) in [7, 11) is -3.67. The van der Waals surface area contributed by atoms with Crippen molar-refractivity contribution in [1.29, 1.82) is 0 Å². The highest BCUT2D eigenvalue weighted by Crippen LogP contribution is 2.27. The fraction of sp³-hybridized carbons (Fsp3) is 0.263. The van der Waals surface area contributed by atoms with Gasteiger partial charge in [0.05, 0.1) is 10.9 Å². The number of nitrogens with one attached hydrogen (secondary N) is 1. The van der Waals surface area contributed by atoms with E-state index in [4.69, 9.17) is 5.73 Å². The lowest BCUT2D eigenvalue weighted by molar-refractivity contribution is 0.246. The number of sulfonamides is 1. The van der Waals surface area contributed by atoms with E-state index in [1.165, 1.54) is 6.07 Å². The molecule has 132 valence electrons. The molecule has 0 saturated heterocycles. The van der Waals surface area contributed by atoms with Gasteiger partial charge in [0.15, 0.2) is 0 Å². The van der Waals surface area contributed by atoms with Gasteiger partial charge in [-0.3, -0.25) is 4.72 Å². The van der Waals surface area contributed by atoms with Gasteiger partial charge in [-0.2, -0.15) is 0 Å². The lowest BCUT2D eigenvalue weighted by Gasteiger charge is -2.36. The van der Waals surface area contributed by atoms with E-state index < -0.39 is 10.0 Å². The first-order valence-electron chi connectivity index (χ1n) is 8.37. The van der Waals surface area contributed by atoms with Crippen LogP contribution in [0.25, 0.3) is 0 Å². The van der Waals surface area contributed by atoms with Crippen LogP contribution in [-0.4, -0.2) is 19.9 Å². The Balaban J connectivity index is 1.86. The number of hydrogen-bond acceptors (Lipinski definition) is 4. The Morgan fingerprint density at radius 1 is 1.12 bits per heavy atom. The summed E-state index contributed by atoms with van der Waals surface area (Å²) in [6.45, 7) is 2.89. The van der Waals surface area contributed by atoms with E-state index in [1.54, 1.807) is 18.2 Å². The molecule has 0 radical (unpaired) electrons. The van der Waals surface area contributed by atoms with Crippen LogP contribution in [0.2, 0.25) is 0 Å². The minimum atomic E-state index is -3.67. The van der Waals surface area contributed by atoms with Crippen LogP contribution >= 0.6 is 0 Å². The topological polar surface area (TPSA) is 75.4 Å². The highest BCUT2D eigenvalue weighted by molar-refractivity contribution is 7.89. The lowest BCUT2D eigenvalue weighted by atomic mass is 10.1. The van der Waals surface area contributed by atoms with E-state index in [0.29, 0.717) is 11.5 Å². The van der Waals surface area contributed by atoms with E-state index in [9.17, 15) is 8.42 Å². The molecule has 1 aliphatic heterocycles. The largest absolute Gasteiger partial charge is 0.399 e. The third kappa shape index (κ3) is 3.96. The Hall–Kier alpha value is -2.47. The molecule has 0 bridgehead atoms. The van der Waals surface area contributed by atoms with Crippen molar-refractivity contribution >= 4 is 15.7 Å². The van der Waals surface area contributed by atoms with Crippen molar-refractivity contribution in [3.8, 4) is 0 Å². The predicted molar refractivity (Wildman–Crippen MR) is 100 cm³/mol. The highest BCUT2D eigenvalue weighted by atomic mass is 32.2. The van der Waals surface area contributed by atoms with Crippen LogP contribution in [0, 0.1) is 0 Å². The molecular weight excluding hydrogens is 334 g/mol. The lowest BCUT2D eigenvalue weighted by Crippen LogP contribution is -2.39. The average Bonchev–Trinajstić information content (AvgIpc) is 2.62. The second-order valence-electron chi connectivity index (χ2n) is 6.19. The number of anilines is 1. The van der Waals surface area contributed by atoms with Crippen LogP contribution in [0.3, 0.4) is 0 Å². The van der Waals surface area contributed by atoms with Gasteiger partial charge in [-0.15, -0.1) is 0 Å². The van der Waals surface area contributed by atoms with Crippen LogP contribution in [0.4, 0.5) is 5.69 Å². The fourth-order valence-electron chi connectivity index (χ4n) is 3.03. The molecule has 25 heavy (non-hydrogen) atoms. The molecule has 0 aliphatic carbocycles. The van der Waals surface area contributed by atoms with Gasteiger partial charge in [-0.25, -0.2) is 8.42 Å². The van der Waals surface area contributed by atoms with Gasteiger partial charge in [0.2, 0.25) is 0 Å². The highest BCUT2D eigenvalue weighted by Gasteiger charge is 2.25. The molecule has 3 N–H and O–H groups in total. The molecule has 3 rings (SSSR count). The van der Waals surface area contributed by atoms with E-state index in [2.05, 4.69) is 28.7 Å². The van der Waals surface area contributed by atoms with Crippen LogP contribution in [0.5, 0.6) is 0 Å². The second-order valence-corrected chi connectivity index (χ2v) is 7.87. The summed E-state index contributed by atoms with van der Waals surface area (Å²) in [6.07, 6.45) is 3.81. The minimum absolute atomic E-state index is 0.0799. The maximum atomic E-state index is 12.7. The van der Waals surface area contributed by atoms with Crippen molar-refractivity contribution in [2.45, 2.75) is 30.7 Å². The molecule has 1 aliphatic rings. The van der Waals surface area contributed by atoms with Gasteiger partial charge < -0.3 is 10.6 Å². The zero-order valence-corrected chi connectivity index (χ0v) is 15.0. The number of allylic oxidation sites excluding steroid dienone is 1. The normalized spacial score (nSPS) is 16.2. The number of nitrogens with two attached hydrogens (primary N) is 1. The van der Waals surface area contributed by atoms with Crippen molar-refractivity contribution in [3.05, 3.63) is 72.1 Å². The Morgan fingerprint density at radius 2 is 1.88 bits per heavy atom. The van der Waals surface area contributed by atoms with Crippen molar-refractivity contribution in [3.63, 3.8) is 0 Å². The van der Waals surface area contributed by atoms with Crippen molar-refractivity contribution in [2.75, 3.05) is 12.3 Å². The molecule has 2 aromatic carbocycles. The molecule has 0 spiro atoms. The van der Waals surface area contributed by atoms with Crippen molar-refractivity contribution < 1.29 is 8.42 Å². The molecule has 1 atom stereocenters. The number of nitrogen functional groups attached to an aromatic ring is 1. The summed E-state index contributed by atoms with van der Waals surface area (Å²) in [4.78, 5) is 2.27. The van der Waals surface area contributed by atoms with E-state index in [-0.39, 0.29) is 10.9 Å². The van der Waals surface area contributed by atoms with Crippen molar-refractivity contribution in [2.24, 2.45) is 0 Å². The molecule has 0 amide bonds. The molecule has 1 unspecified atom stereocenters. The minimum Gasteiger partial charge on any atom is -0.399 e. The standard InChI is InChI=1S/C19H23N3O2S/c1-15(16-8-3-2-4-9-16)22-13-6-5-12-19(22)21-25(23,24)18-11-7-10-17(20)14-18/h2-4,7-12,14-15,21H,5-6,13,20H2,1H3. The summed E-state index contributed by atoms with van der Waals surface area (Å²) >= 11 is 0. The molecule has 5 nitrogen and oxygen atoms in total. The summed E-state index contributed by atoms with van der Waals surface area (Å²) in [6, 6.07) is 16.5. The molecule has 1 heterocycles. The van der Waals surface area contributed by atoms with E-state index in [0.717, 1.165) is 24.9 Å². The maximum Gasteiger partial charge on any atom is 0.263 e. The third-order valence-corrected chi connectivity index (χ3v) is 5.76. The smallest absolute Gasteiger partial charge is 0.263 e. The molecule has 0 saturated carbocycles. The molecule has 6 heteroatoms. The van der Waals surface area contributed by atoms with Gasteiger partial charge in [-0.05, 0) is 49.6 Å². The van der Waals surface area contributed by atoms with Crippen LogP contribution in [0.15, 0.2) is 71.4 Å². The summed E-state index contributed by atoms with van der Waals surface area (Å²) < 4.78 is 28.2. The van der Waals surface area contributed by atoms with E-state index >= 15 is 0 Å². The Kier molecular flexibility index (Phi) is 4.99. The molecule has 0 fully saturated rings. The predicted octanol–water partition coefficient (Wildman–Crippen LogP) is 3.25. The number of nitrogens with zero attached hydrogens (tertiary/aromatic N) is 1. The zero-order chi connectivity index (χ0) is 17.9. The summed E-state index contributed by atoms with van der Waals surface area (Å²) in [5, 5.41) is 0. The number of benzene rings is 2. The van der Waals surface area contributed by atoms with Crippen LogP contribution in [0.1, 0.15) is 31.4 Å². The molecule has 2 aromatic rings. The van der Waals surface area contributed by atoms with Crippen LogP contribution < -0.4 is 10.5 Å². The first-order valence-corrected chi connectivity index (χ1v) is 9.86. The van der Waals surface area contributed by atoms with Crippen molar-refractivity contribution in [1.82, 2.24) is 9.62 Å². The quantitative estimate of drug-likeness (QED) is 0.806. The number of hydrogen-bond donors (Lipinski definition) is 2. The first-order chi connectivity index (χ1) is 12.0. The van der Waals surface area contributed by atoms with Gasteiger partial charge in [0, 0.05) is 12.2 Å².